The first-order valence-electron chi connectivity index (χ1n) is 11.8. The summed E-state index contributed by atoms with van der Waals surface area (Å²) in [6.07, 6.45) is 5.05. The van der Waals surface area contributed by atoms with Crippen LogP contribution in [0.1, 0.15) is 0 Å². The van der Waals surface area contributed by atoms with E-state index in [1.165, 1.54) is 28.1 Å². The van der Waals surface area contributed by atoms with E-state index in [9.17, 15) is 0 Å². The van der Waals surface area contributed by atoms with Gasteiger partial charge in [-0.3, -0.25) is 4.57 Å². The molecule has 0 fully saturated rings. The standard InChI is InChI=1S/C30H18N6/c1-2-8-20(9-3-1)35-25-12-6-4-10-21(25)23-15-28-24(14-27(23)35)22-11-5-7-13-26(22)36(28)30-32-17-19-16-31-18-33-29(19)34-30/h1-18H. The molecule has 0 radical (unpaired) electrons. The minimum absolute atomic E-state index is 0.596. The third kappa shape index (κ3) is 2.61. The van der Waals surface area contributed by atoms with Crippen molar-refractivity contribution in [2.75, 3.05) is 0 Å². The van der Waals surface area contributed by atoms with Gasteiger partial charge in [0.25, 0.3) is 0 Å². The predicted molar refractivity (Wildman–Crippen MR) is 144 cm³/mol. The Hall–Kier alpha value is -5.10. The highest BCUT2D eigenvalue weighted by Crippen LogP contribution is 2.39. The molecule has 0 amide bonds. The summed E-state index contributed by atoms with van der Waals surface area (Å²) in [5.41, 5.74) is 6.25. The summed E-state index contributed by atoms with van der Waals surface area (Å²) < 4.78 is 4.49. The number of nitrogens with zero attached hydrogens (tertiary/aromatic N) is 6. The van der Waals surface area contributed by atoms with Gasteiger partial charge in [-0.2, -0.15) is 4.98 Å². The molecule has 0 aliphatic rings. The van der Waals surface area contributed by atoms with E-state index >= 15 is 0 Å². The van der Waals surface area contributed by atoms with Gasteiger partial charge in [0.2, 0.25) is 5.95 Å². The van der Waals surface area contributed by atoms with Crippen molar-refractivity contribution in [2.45, 2.75) is 0 Å². The van der Waals surface area contributed by atoms with Gasteiger partial charge in [-0.1, -0.05) is 54.6 Å². The zero-order valence-electron chi connectivity index (χ0n) is 19.1. The summed E-state index contributed by atoms with van der Waals surface area (Å²) in [5, 5.41) is 5.53. The zero-order chi connectivity index (χ0) is 23.6. The van der Waals surface area contributed by atoms with Crippen LogP contribution in [-0.4, -0.2) is 29.1 Å². The van der Waals surface area contributed by atoms with Gasteiger partial charge in [0.05, 0.1) is 27.5 Å². The topological polar surface area (TPSA) is 61.4 Å². The molecule has 4 aromatic carbocycles. The number of hydrogen-bond donors (Lipinski definition) is 0. The third-order valence-corrected chi connectivity index (χ3v) is 6.92. The van der Waals surface area contributed by atoms with E-state index in [4.69, 9.17) is 9.97 Å². The second-order valence-electron chi connectivity index (χ2n) is 8.90. The fourth-order valence-electron chi connectivity index (χ4n) is 5.38. The first-order valence-corrected chi connectivity index (χ1v) is 11.8. The van der Waals surface area contributed by atoms with E-state index in [2.05, 4.69) is 110 Å². The molecule has 0 spiro atoms. The van der Waals surface area contributed by atoms with Gasteiger partial charge in [0.1, 0.15) is 6.33 Å². The van der Waals surface area contributed by atoms with Gasteiger partial charge >= 0.3 is 0 Å². The molecule has 8 rings (SSSR count). The predicted octanol–water partition coefficient (Wildman–Crippen LogP) is 6.61. The number of aromatic nitrogens is 6. The quantitative estimate of drug-likeness (QED) is 0.290. The normalized spacial score (nSPS) is 11.9. The molecule has 0 aliphatic carbocycles. The van der Waals surface area contributed by atoms with E-state index < -0.39 is 0 Å². The van der Waals surface area contributed by atoms with E-state index in [0.717, 1.165) is 32.9 Å². The molecule has 0 saturated heterocycles. The summed E-state index contributed by atoms with van der Waals surface area (Å²) in [7, 11) is 0. The average molecular weight is 463 g/mol. The molecule has 0 saturated carbocycles. The molecule has 4 heterocycles. The second-order valence-corrected chi connectivity index (χ2v) is 8.90. The van der Waals surface area contributed by atoms with Crippen LogP contribution >= 0.6 is 0 Å². The van der Waals surface area contributed by atoms with Crippen molar-refractivity contribution >= 4 is 54.6 Å². The van der Waals surface area contributed by atoms with E-state index in [1.807, 2.05) is 0 Å². The number of benzene rings is 4. The molecule has 6 nitrogen and oxygen atoms in total. The fourth-order valence-corrected chi connectivity index (χ4v) is 5.38. The van der Waals surface area contributed by atoms with Crippen molar-refractivity contribution in [3.63, 3.8) is 0 Å². The molecule has 0 bridgehead atoms. The Morgan fingerprint density at radius 1 is 0.528 bits per heavy atom. The highest BCUT2D eigenvalue weighted by atomic mass is 15.2. The molecule has 0 atom stereocenters. The summed E-state index contributed by atoms with van der Waals surface area (Å²) in [4.78, 5) is 18.0. The average Bonchev–Trinajstić information content (AvgIpc) is 3.44. The first kappa shape index (κ1) is 19.2. The van der Waals surface area contributed by atoms with Crippen LogP contribution < -0.4 is 0 Å². The Kier molecular flexibility index (Phi) is 3.85. The molecule has 0 unspecified atom stereocenters. The highest BCUT2D eigenvalue weighted by molar-refractivity contribution is 6.18. The lowest BCUT2D eigenvalue weighted by atomic mass is 10.1. The molecule has 6 heteroatoms. The van der Waals surface area contributed by atoms with E-state index in [-0.39, 0.29) is 0 Å². The molecule has 36 heavy (non-hydrogen) atoms. The molecule has 168 valence electrons. The van der Waals surface area contributed by atoms with E-state index in [1.54, 1.807) is 12.4 Å². The van der Waals surface area contributed by atoms with Crippen LogP contribution in [0.25, 0.3) is 66.3 Å². The Labute approximate surface area is 205 Å². The number of hydrogen-bond acceptors (Lipinski definition) is 4. The van der Waals surface area contributed by atoms with Gasteiger partial charge in [0, 0.05) is 39.6 Å². The van der Waals surface area contributed by atoms with Crippen molar-refractivity contribution in [2.24, 2.45) is 0 Å². The van der Waals surface area contributed by atoms with Crippen LogP contribution in [0.2, 0.25) is 0 Å². The minimum atomic E-state index is 0.596. The lowest BCUT2D eigenvalue weighted by molar-refractivity contribution is 0.996. The van der Waals surface area contributed by atoms with Crippen molar-refractivity contribution in [1.82, 2.24) is 29.1 Å². The fraction of sp³-hybridized carbons (Fsp3) is 0. The largest absolute Gasteiger partial charge is 0.309 e. The van der Waals surface area contributed by atoms with E-state index in [0.29, 0.717) is 11.6 Å². The van der Waals surface area contributed by atoms with Crippen LogP contribution in [0, 0.1) is 0 Å². The molecule has 0 aliphatic heterocycles. The van der Waals surface area contributed by atoms with Crippen molar-refractivity contribution in [3.05, 3.63) is 110 Å². The van der Waals surface area contributed by atoms with Gasteiger partial charge < -0.3 is 4.57 Å². The summed E-state index contributed by atoms with van der Waals surface area (Å²) in [5.74, 6) is 0.596. The molecule has 4 aromatic heterocycles. The molecular formula is C30H18N6. The van der Waals surface area contributed by atoms with Crippen molar-refractivity contribution in [3.8, 4) is 11.6 Å². The maximum Gasteiger partial charge on any atom is 0.236 e. The van der Waals surface area contributed by atoms with Gasteiger partial charge in [-0.15, -0.1) is 0 Å². The van der Waals surface area contributed by atoms with Crippen LogP contribution in [0.4, 0.5) is 0 Å². The van der Waals surface area contributed by atoms with Crippen LogP contribution in [-0.2, 0) is 0 Å². The van der Waals surface area contributed by atoms with Gasteiger partial charge in [-0.05, 0) is 36.4 Å². The van der Waals surface area contributed by atoms with Crippen molar-refractivity contribution in [1.29, 1.82) is 0 Å². The SMILES string of the molecule is c1ccc(-n2c3ccccc3c3cc4c(cc32)c2ccccc2n4-c2ncc3cncnc3n2)cc1. The first-order chi connectivity index (χ1) is 17.9. The third-order valence-electron chi connectivity index (χ3n) is 6.92. The van der Waals surface area contributed by atoms with Crippen LogP contribution in [0.3, 0.4) is 0 Å². The van der Waals surface area contributed by atoms with Crippen LogP contribution in [0.5, 0.6) is 0 Å². The summed E-state index contributed by atoms with van der Waals surface area (Å²) >= 11 is 0. The smallest absolute Gasteiger partial charge is 0.236 e. The van der Waals surface area contributed by atoms with Crippen molar-refractivity contribution < 1.29 is 0 Å². The number of fused-ring (bicyclic) bond motifs is 7. The maximum atomic E-state index is 4.81. The number of rotatable bonds is 2. The summed E-state index contributed by atoms with van der Waals surface area (Å²) in [6, 6.07) is 32.1. The Balaban J connectivity index is 1.54. The summed E-state index contributed by atoms with van der Waals surface area (Å²) in [6.45, 7) is 0. The molecule has 0 N–H and O–H groups in total. The highest BCUT2D eigenvalue weighted by Gasteiger charge is 2.19. The molecule has 8 aromatic rings. The minimum Gasteiger partial charge on any atom is -0.309 e. The Morgan fingerprint density at radius 3 is 1.92 bits per heavy atom. The lowest BCUT2D eigenvalue weighted by Gasteiger charge is -2.08. The monoisotopic (exact) mass is 462 g/mol. The van der Waals surface area contributed by atoms with Gasteiger partial charge in [0.15, 0.2) is 5.65 Å². The number of para-hydroxylation sites is 3. The lowest BCUT2D eigenvalue weighted by Crippen LogP contribution is -2.02. The van der Waals surface area contributed by atoms with Gasteiger partial charge in [-0.25, -0.2) is 15.0 Å². The Morgan fingerprint density at radius 2 is 1.17 bits per heavy atom. The zero-order valence-corrected chi connectivity index (χ0v) is 19.1. The second kappa shape index (κ2) is 7.20. The molecular weight excluding hydrogens is 444 g/mol. The Bertz CT molecular complexity index is 2100. The van der Waals surface area contributed by atoms with Crippen LogP contribution in [0.15, 0.2) is 110 Å². The maximum absolute atomic E-state index is 4.81.